The summed E-state index contributed by atoms with van der Waals surface area (Å²) in [5, 5.41) is 18.8. The van der Waals surface area contributed by atoms with Crippen LogP contribution < -0.4 is 5.73 Å². The first-order valence-corrected chi connectivity index (χ1v) is 14.9. The molecule has 1 aliphatic rings. The van der Waals surface area contributed by atoms with Crippen LogP contribution in [0.3, 0.4) is 0 Å². The lowest BCUT2D eigenvalue weighted by Crippen LogP contribution is -2.36. The Morgan fingerprint density at radius 2 is 1.20 bits per heavy atom. The summed E-state index contributed by atoms with van der Waals surface area (Å²) < 4.78 is 23.5. The second-order valence-corrected chi connectivity index (χ2v) is 10.4. The van der Waals surface area contributed by atoms with Crippen molar-refractivity contribution >= 4 is 17.6 Å². The fraction of sp³-hybridized carbons (Fsp3) is 0.438. The van der Waals surface area contributed by atoms with Gasteiger partial charge in [-0.25, -0.2) is 19.6 Å². The first kappa shape index (κ1) is 33.9. The molecular weight excluding hydrogens is 582 g/mol. The predicted octanol–water partition coefficient (Wildman–Crippen LogP) is 2.43. The van der Waals surface area contributed by atoms with Crippen molar-refractivity contribution in [3.05, 3.63) is 89.0 Å². The van der Waals surface area contributed by atoms with E-state index in [0.29, 0.717) is 103 Å². The topological polar surface area (TPSA) is 170 Å². The number of rotatable bonds is 7. The summed E-state index contributed by atoms with van der Waals surface area (Å²) in [6, 6.07) is 17.1. The molecule has 2 aromatic heterocycles. The van der Waals surface area contributed by atoms with Crippen LogP contribution in [0, 0.1) is 0 Å². The lowest BCUT2D eigenvalue weighted by atomic mass is 10.0. The van der Waals surface area contributed by atoms with Gasteiger partial charge in [0.1, 0.15) is 11.4 Å². The van der Waals surface area contributed by atoms with E-state index in [1.807, 2.05) is 30.3 Å². The van der Waals surface area contributed by atoms with Crippen LogP contribution in [0.25, 0.3) is 0 Å². The normalized spacial score (nSPS) is 18.0. The number of ether oxygens (including phenoxy) is 4. The van der Waals surface area contributed by atoms with E-state index in [2.05, 4.69) is 19.8 Å². The molecule has 45 heavy (non-hydrogen) atoms. The van der Waals surface area contributed by atoms with Gasteiger partial charge in [0.25, 0.3) is 0 Å². The summed E-state index contributed by atoms with van der Waals surface area (Å²) >= 11 is 0. The van der Waals surface area contributed by atoms with Crippen LogP contribution in [-0.4, -0.2) is 121 Å². The van der Waals surface area contributed by atoms with Gasteiger partial charge in [0.2, 0.25) is 0 Å². The lowest BCUT2D eigenvalue weighted by molar-refractivity contribution is 0.00331. The number of carboxylic acids is 2. The molecular formula is C32H41N5O8. The Morgan fingerprint density at radius 1 is 0.689 bits per heavy atom. The third kappa shape index (κ3) is 11.2. The van der Waals surface area contributed by atoms with Crippen molar-refractivity contribution in [1.29, 1.82) is 0 Å². The number of nitrogens with zero attached hydrogens (tertiary/aromatic N) is 4. The minimum Gasteiger partial charge on any atom is -0.477 e. The number of nitrogen functional groups attached to an aromatic ring is 1. The Hall–Kier alpha value is -3.98. The van der Waals surface area contributed by atoms with E-state index >= 15 is 0 Å². The summed E-state index contributed by atoms with van der Waals surface area (Å²) in [6.07, 6.45) is 0. The fourth-order valence-electron chi connectivity index (χ4n) is 4.92. The molecule has 4 rings (SSSR count). The van der Waals surface area contributed by atoms with Crippen LogP contribution >= 0.6 is 0 Å². The highest BCUT2D eigenvalue weighted by atomic mass is 16.5. The monoisotopic (exact) mass is 623 g/mol. The van der Waals surface area contributed by atoms with Gasteiger partial charge in [-0.3, -0.25) is 9.80 Å². The Balaban J connectivity index is 1.40. The van der Waals surface area contributed by atoms with Gasteiger partial charge in [-0.05, 0) is 42.0 Å². The minimum atomic E-state index is -1.09. The summed E-state index contributed by atoms with van der Waals surface area (Å²) in [6.45, 7) is 6.10. The number of benzene rings is 1. The highest BCUT2D eigenvalue weighted by Crippen LogP contribution is 2.28. The SMILES string of the molecule is Nc1ccc(C(c2cccc(C(=O)O)n2)N2CCOCCOCCN(Cc3cccc(C(=O)O)n3)CCOCCOCC2)cc1. The Morgan fingerprint density at radius 3 is 1.76 bits per heavy atom. The molecule has 3 aromatic rings. The van der Waals surface area contributed by atoms with Gasteiger partial charge in [-0.2, -0.15) is 0 Å². The second kappa shape index (κ2) is 18.1. The van der Waals surface area contributed by atoms with Gasteiger partial charge in [0.05, 0.1) is 70.3 Å². The average Bonchev–Trinajstić information content (AvgIpc) is 3.03. The van der Waals surface area contributed by atoms with Crippen LogP contribution in [-0.2, 0) is 25.5 Å². The standard InChI is InChI=1S/C32H41N5O8/c33-25-9-7-24(8-10-25)30(27-4-2-6-29(35-27)32(40)41)37-13-17-44-21-19-42-15-11-36(12-16-43-20-22-45-18-14-37)23-26-3-1-5-28(34-26)31(38)39/h1-10,30H,11-23,33H2,(H,38,39)(H,40,41). The molecule has 13 nitrogen and oxygen atoms in total. The molecule has 0 bridgehead atoms. The van der Waals surface area contributed by atoms with Gasteiger partial charge < -0.3 is 34.9 Å². The zero-order valence-corrected chi connectivity index (χ0v) is 25.3. The van der Waals surface area contributed by atoms with Crippen molar-refractivity contribution in [2.24, 2.45) is 0 Å². The van der Waals surface area contributed by atoms with Crippen LogP contribution in [0.4, 0.5) is 5.69 Å². The molecule has 0 radical (unpaired) electrons. The maximum absolute atomic E-state index is 11.7. The van der Waals surface area contributed by atoms with Crippen LogP contribution in [0.1, 0.15) is 44.0 Å². The van der Waals surface area contributed by atoms with E-state index in [-0.39, 0.29) is 17.4 Å². The maximum atomic E-state index is 11.7. The highest BCUT2D eigenvalue weighted by Gasteiger charge is 2.25. The summed E-state index contributed by atoms with van der Waals surface area (Å²) in [7, 11) is 0. The largest absolute Gasteiger partial charge is 0.477 e. The van der Waals surface area contributed by atoms with Gasteiger partial charge in [-0.1, -0.05) is 24.3 Å². The molecule has 0 spiro atoms. The van der Waals surface area contributed by atoms with E-state index in [1.165, 1.54) is 12.1 Å². The minimum absolute atomic E-state index is 0.0130. The number of aromatic nitrogens is 2. The molecule has 1 aromatic carbocycles. The third-order valence-electron chi connectivity index (χ3n) is 7.19. The molecule has 0 aliphatic carbocycles. The molecule has 13 heteroatoms. The molecule has 1 fully saturated rings. The molecule has 1 unspecified atom stereocenters. The summed E-state index contributed by atoms with van der Waals surface area (Å²) in [5.41, 5.74) is 8.75. The third-order valence-corrected chi connectivity index (χ3v) is 7.19. The van der Waals surface area contributed by atoms with Crippen molar-refractivity contribution in [2.45, 2.75) is 12.6 Å². The fourth-order valence-corrected chi connectivity index (χ4v) is 4.92. The number of hydrogen-bond donors (Lipinski definition) is 3. The maximum Gasteiger partial charge on any atom is 0.354 e. The van der Waals surface area contributed by atoms with Crippen molar-refractivity contribution in [3.63, 3.8) is 0 Å². The van der Waals surface area contributed by atoms with Gasteiger partial charge in [0.15, 0.2) is 0 Å². The van der Waals surface area contributed by atoms with Gasteiger partial charge >= 0.3 is 11.9 Å². The molecule has 0 amide bonds. The van der Waals surface area contributed by atoms with E-state index in [9.17, 15) is 19.8 Å². The highest BCUT2D eigenvalue weighted by molar-refractivity contribution is 5.85. The molecule has 242 valence electrons. The van der Waals surface area contributed by atoms with Crippen molar-refractivity contribution < 1.29 is 38.7 Å². The number of anilines is 1. The van der Waals surface area contributed by atoms with Crippen molar-refractivity contribution in [1.82, 2.24) is 19.8 Å². The quantitative estimate of drug-likeness (QED) is 0.328. The molecule has 1 saturated heterocycles. The van der Waals surface area contributed by atoms with Crippen LogP contribution in [0.2, 0.25) is 0 Å². The molecule has 4 N–H and O–H groups in total. The number of nitrogens with two attached hydrogens (primary N) is 1. The number of pyridine rings is 2. The zero-order valence-electron chi connectivity index (χ0n) is 25.3. The van der Waals surface area contributed by atoms with Crippen molar-refractivity contribution in [3.8, 4) is 0 Å². The number of carboxylic acid groups (broad SMARTS) is 2. The van der Waals surface area contributed by atoms with Crippen LogP contribution in [0.15, 0.2) is 60.7 Å². The summed E-state index contributed by atoms with van der Waals surface area (Å²) in [5.74, 6) is -2.15. The number of hydrogen-bond acceptors (Lipinski definition) is 11. The predicted molar refractivity (Wildman–Crippen MR) is 165 cm³/mol. The molecule has 0 saturated carbocycles. The van der Waals surface area contributed by atoms with E-state index in [4.69, 9.17) is 24.7 Å². The number of aromatic carboxylic acids is 2. The first-order valence-electron chi connectivity index (χ1n) is 14.9. The van der Waals surface area contributed by atoms with E-state index < -0.39 is 11.9 Å². The summed E-state index contributed by atoms with van der Waals surface area (Å²) in [4.78, 5) is 36.0. The van der Waals surface area contributed by atoms with Gasteiger partial charge in [0, 0.05) is 38.4 Å². The zero-order chi connectivity index (χ0) is 31.9. The Bertz CT molecular complexity index is 1340. The van der Waals surface area contributed by atoms with Gasteiger partial charge in [-0.15, -0.1) is 0 Å². The first-order chi connectivity index (χ1) is 21.9. The molecule has 1 aliphatic heterocycles. The molecule has 1 atom stereocenters. The number of carbonyl (C=O) groups is 2. The van der Waals surface area contributed by atoms with Crippen LogP contribution in [0.5, 0.6) is 0 Å². The van der Waals surface area contributed by atoms with Crippen molar-refractivity contribution in [2.75, 3.05) is 84.8 Å². The van der Waals surface area contributed by atoms with E-state index in [0.717, 1.165) is 5.56 Å². The van der Waals surface area contributed by atoms with E-state index in [1.54, 1.807) is 18.2 Å². The average molecular weight is 624 g/mol. The Labute approximate surface area is 262 Å². The second-order valence-electron chi connectivity index (χ2n) is 10.4. The smallest absolute Gasteiger partial charge is 0.354 e. The lowest BCUT2D eigenvalue weighted by Gasteiger charge is -2.32. The molecule has 3 heterocycles. The Kier molecular flexibility index (Phi) is 13.6.